The van der Waals surface area contributed by atoms with Crippen molar-refractivity contribution in [3.05, 3.63) is 122 Å². The number of rotatable bonds is 17. The molecule has 4 rings (SSSR count). The zero-order valence-corrected chi connectivity index (χ0v) is 26.1. The Labute approximate surface area is 276 Å². The van der Waals surface area contributed by atoms with Crippen LogP contribution >= 0.6 is 0 Å². The molecule has 0 amide bonds. The van der Waals surface area contributed by atoms with Gasteiger partial charge in [0.25, 0.3) is 0 Å². The standard InChI is InChI=1S/C35H33FN6O6/c1-4-34(43)47-22-20-45-31-17-12-27(13-18-31)38-37-25-6-8-28(9-7-25)41-42(3)30-15-10-26(11-16-30)39-40-29-14-19-33(32(36)24-29)46-21-23-48-35(44)5-2/h4-19,24,41H,1-2,20-23H2,3H3/b38-37+,40-39+. The van der Waals surface area contributed by atoms with Gasteiger partial charge in [-0.2, -0.15) is 20.5 Å². The van der Waals surface area contributed by atoms with Crippen LogP contribution in [0.15, 0.2) is 137 Å². The molecule has 0 heterocycles. The summed E-state index contributed by atoms with van der Waals surface area (Å²) in [6, 6.07) is 26.1. The van der Waals surface area contributed by atoms with Gasteiger partial charge in [0, 0.05) is 25.3 Å². The van der Waals surface area contributed by atoms with Crippen LogP contribution in [-0.2, 0) is 19.1 Å². The van der Waals surface area contributed by atoms with E-state index in [-0.39, 0.29) is 32.2 Å². The number of anilines is 2. The number of hydrogen-bond acceptors (Lipinski definition) is 12. The van der Waals surface area contributed by atoms with Crippen LogP contribution in [0.1, 0.15) is 0 Å². The molecule has 0 fully saturated rings. The molecule has 0 bridgehead atoms. The fourth-order valence-corrected chi connectivity index (χ4v) is 3.83. The predicted octanol–water partition coefficient (Wildman–Crippen LogP) is 8.34. The lowest BCUT2D eigenvalue weighted by atomic mass is 10.2. The molecule has 0 aliphatic rings. The van der Waals surface area contributed by atoms with Crippen molar-refractivity contribution in [3.8, 4) is 11.5 Å². The Morgan fingerprint density at radius 1 is 0.688 bits per heavy atom. The first-order chi connectivity index (χ1) is 23.3. The summed E-state index contributed by atoms with van der Waals surface area (Å²) < 4.78 is 34.9. The van der Waals surface area contributed by atoms with Crippen molar-refractivity contribution < 1.29 is 32.9 Å². The number of ether oxygens (including phenoxy) is 4. The number of nitrogens with one attached hydrogen (secondary N) is 1. The molecule has 0 aliphatic carbocycles. The number of hydrazine groups is 1. The van der Waals surface area contributed by atoms with E-state index in [1.807, 2.05) is 48.5 Å². The van der Waals surface area contributed by atoms with E-state index in [1.54, 1.807) is 42.5 Å². The van der Waals surface area contributed by atoms with Crippen molar-refractivity contribution in [1.82, 2.24) is 0 Å². The van der Waals surface area contributed by atoms with Crippen LogP contribution in [0.5, 0.6) is 11.5 Å². The van der Waals surface area contributed by atoms with Gasteiger partial charge in [-0.05, 0) is 84.9 Å². The summed E-state index contributed by atoms with van der Waals surface area (Å²) in [5.74, 6) is -1.04. The summed E-state index contributed by atoms with van der Waals surface area (Å²) in [7, 11) is 1.88. The fraction of sp³-hybridized carbons (Fsp3) is 0.143. The maximum atomic E-state index is 14.4. The van der Waals surface area contributed by atoms with Gasteiger partial charge in [-0.15, -0.1) is 0 Å². The lowest BCUT2D eigenvalue weighted by Gasteiger charge is -2.21. The maximum Gasteiger partial charge on any atom is 0.330 e. The molecule has 48 heavy (non-hydrogen) atoms. The molecular weight excluding hydrogens is 619 g/mol. The molecule has 0 saturated heterocycles. The fourth-order valence-electron chi connectivity index (χ4n) is 3.83. The van der Waals surface area contributed by atoms with Crippen molar-refractivity contribution in [2.75, 3.05) is 43.9 Å². The molecule has 4 aromatic rings. The van der Waals surface area contributed by atoms with E-state index in [1.165, 1.54) is 12.1 Å². The highest BCUT2D eigenvalue weighted by Gasteiger charge is 2.06. The zero-order valence-electron chi connectivity index (χ0n) is 26.1. The van der Waals surface area contributed by atoms with E-state index in [9.17, 15) is 14.0 Å². The van der Waals surface area contributed by atoms with E-state index >= 15 is 0 Å². The minimum absolute atomic E-state index is 0.000588. The number of esters is 2. The Kier molecular flexibility index (Phi) is 12.9. The average Bonchev–Trinajstić information content (AvgIpc) is 3.11. The van der Waals surface area contributed by atoms with Gasteiger partial charge in [-0.1, -0.05) is 13.2 Å². The van der Waals surface area contributed by atoms with Gasteiger partial charge in [-0.25, -0.2) is 14.0 Å². The summed E-state index contributed by atoms with van der Waals surface area (Å²) in [4.78, 5) is 22.1. The van der Waals surface area contributed by atoms with Crippen LogP contribution < -0.4 is 19.9 Å². The van der Waals surface area contributed by atoms with Crippen molar-refractivity contribution in [3.63, 3.8) is 0 Å². The van der Waals surface area contributed by atoms with Gasteiger partial charge in [-0.3, -0.25) is 10.4 Å². The number of benzene rings is 4. The van der Waals surface area contributed by atoms with Gasteiger partial charge < -0.3 is 18.9 Å². The highest BCUT2D eigenvalue weighted by atomic mass is 19.1. The molecule has 13 heteroatoms. The van der Waals surface area contributed by atoms with Gasteiger partial charge in [0.15, 0.2) is 11.6 Å². The molecule has 1 N–H and O–H groups in total. The SMILES string of the molecule is C=CC(=O)OCCOc1ccc(/N=N/c2ccc(NN(C)c3ccc(/N=N/c4ccc(OCCOC(=O)C=C)c(F)c4)cc3)cc2)cc1. The Balaban J connectivity index is 1.22. The van der Waals surface area contributed by atoms with Gasteiger partial charge in [0.2, 0.25) is 0 Å². The Hall–Kier alpha value is -6.37. The summed E-state index contributed by atoms with van der Waals surface area (Å²) in [6.07, 6.45) is 2.14. The third-order valence-corrected chi connectivity index (χ3v) is 6.23. The number of nitrogens with zero attached hydrogens (tertiary/aromatic N) is 5. The van der Waals surface area contributed by atoms with Crippen LogP contribution in [0.2, 0.25) is 0 Å². The maximum absolute atomic E-state index is 14.4. The monoisotopic (exact) mass is 652 g/mol. The number of carbonyl (C=O) groups excluding carboxylic acids is 2. The van der Waals surface area contributed by atoms with Crippen molar-refractivity contribution in [1.29, 1.82) is 0 Å². The molecular formula is C35H33FN6O6. The van der Waals surface area contributed by atoms with E-state index in [0.29, 0.717) is 28.5 Å². The predicted molar refractivity (Wildman–Crippen MR) is 179 cm³/mol. The minimum Gasteiger partial charge on any atom is -0.490 e. The molecule has 4 aromatic carbocycles. The lowest BCUT2D eigenvalue weighted by Crippen LogP contribution is -2.24. The Morgan fingerprint density at radius 2 is 1.17 bits per heavy atom. The second-order valence-corrected chi connectivity index (χ2v) is 9.68. The first kappa shape index (κ1) is 34.5. The van der Waals surface area contributed by atoms with Crippen LogP contribution in [0.25, 0.3) is 0 Å². The second kappa shape index (κ2) is 17.9. The first-order valence-electron chi connectivity index (χ1n) is 14.6. The Morgan fingerprint density at radius 3 is 1.71 bits per heavy atom. The Bertz CT molecular complexity index is 1750. The van der Waals surface area contributed by atoms with Crippen molar-refractivity contribution in [2.45, 2.75) is 0 Å². The second-order valence-electron chi connectivity index (χ2n) is 9.68. The molecule has 0 unspecified atom stereocenters. The van der Waals surface area contributed by atoms with Crippen LogP contribution in [0, 0.1) is 5.82 Å². The molecule has 0 aliphatic heterocycles. The summed E-state index contributed by atoms with van der Waals surface area (Å²) in [5.41, 5.74) is 7.23. The smallest absolute Gasteiger partial charge is 0.330 e. The molecule has 246 valence electrons. The molecule has 12 nitrogen and oxygen atoms in total. The van der Waals surface area contributed by atoms with Gasteiger partial charge in [0.05, 0.1) is 34.1 Å². The van der Waals surface area contributed by atoms with E-state index in [4.69, 9.17) is 18.9 Å². The van der Waals surface area contributed by atoms with Crippen LogP contribution in [-0.4, -0.2) is 45.4 Å². The highest BCUT2D eigenvalue weighted by molar-refractivity contribution is 5.81. The van der Waals surface area contributed by atoms with Crippen LogP contribution in [0.4, 0.5) is 38.5 Å². The third-order valence-electron chi connectivity index (χ3n) is 6.23. The normalized spacial score (nSPS) is 10.8. The summed E-state index contributed by atoms with van der Waals surface area (Å²) in [6.45, 7) is 6.97. The minimum atomic E-state index is -0.610. The molecule has 0 aromatic heterocycles. The average molecular weight is 653 g/mol. The molecule has 0 radical (unpaired) electrons. The van der Waals surface area contributed by atoms with E-state index in [2.05, 4.69) is 39.0 Å². The molecule has 0 saturated carbocycles. The topological polar surface area (TPSA) is 136 Å². The van der Waals surface area contributed by atoms with Crippen molar-refractivity contribution in [2.24, 2.45) is 20.5 Å². The van der Waals surface area contributed by atoms with Crippen molar-refractivity contribution >= 4 is 46.1 Å². The number of halogens is 1. The van der Waals surface area contributed by atoms with Gasteiger partial charge >= 0.3 is 11.9 Å². The largest absolute Gasteiger partial charge is 0.490 e. The van der Waals surface area contributed by atoms with E-state index < -0.39 is 17.8 Å². The molecule has 0 atom stereocenters. The highest BCUT2D eigenvalue weighted by Crippen LogP contribution is 2.27. The lowest BCUT2D eigenvalue weighted by molar-refractivity contribution is -0.139. The quantitative estimate of drug-likeness (QED) is 0.0395. The van der Waals surface area contributed by atoms with Gasteiger partial charge in [0.1, 0.15) is 32.2 Å². The van der Waals surface area contributed by atoms with E-state index in [0.717, 1.165) is 23.5 Å². The number of hydrogen-bond donors (Lipinski definition) is 1. The number of carbonyl (C=O) groups is 2. The first-order valence-corrected chi connectivity index (χ1v) is 14.6. The summed E-state index contributed by atoms with van der Waals surface area (Å²) in [5, 5.41) is 18.7. The van der Waals surface area contributed by atoms with Crippen LogP contribution in [0.3, 0.4) is 0 Å². The number of azo groups is 2. The molecule has 0 spiro atoms. The summed E-state index contributed by atoms with van der Waals surface area (Å²) >= 11 is 0. The zero-order chi connectivity index (χ0) is 34.1. The third kappa shape index (κ3) is 11.2.